The van der Waals surface area contributed by atoms with Crippen LogP contribution in [0.1, 0.15) is 44.4 Å². The topological polar surface area (TPSA) is 94.4 Å². The minimum absolute atomic E-state index is 0.0169. The van der Waals surface area contributed by atoms with Gasteiger partial charge in [0.05, 0.1) is 24.1 Å². The average molecular weight is 417 g/mol. The summed E-state index contributed by atoms with van der Waals surface area (Å²) in [6, 6.07) is 0. The number of carbonyl (C=O) groups is 1. The van der Waals surface area contributed by atoms with Crippen LogP contribution in [0.15, 0.2) is 5.16 Å². The summed E-state index contributed by atoms with van der Waals surface area (Å²) in [6.45, 7) is 6.73. The van der Waals surface area contributed by atoms with Crippen LogP contribution in [0.2, 0.25) is 0 Å². The second-order valence-corrected chi connectivity index (χ2v) is 8.93. The monoisotopic (exact) mass is 416 g/mol. The van der Waals surface area contributed by atoms with Gasteiger partial charge in [0.25, 0.3) is 5.91 Å². The number of nitrogens with zero attached hydrogens (tertiary/aromatic N) is 6. The Kier molecular flexibility index (Phi) is 5.81. The molecule has 1 aromatic rings. The Morgan fingerprint density at radius 3 is 2.57 bits per heavy atom. The van der Waals surface area contributed by atoms with Crippen molar-refractivity contribution in [3.8, 4) is 0 Å². The fourth-order valence-corrected chi connectivity index (χ4v) is 4.18. The first-order valence-electron chi connectivity index (χ1n) is 10.8. The van der Waals surface area contributed by atoms with Crippen LogP contribution in [0.4, 0.5) is 11.8 Å². The summed E-state index contributed by atoms with van der Waals surface area (Å²) >= 11 is 0. The van der Waals surface area contributed by atoms with Gasteiger partial charge >= 0.3 is 0 Å². The zero-order valence-corrected chi connectivity index (χ0v) is 18.3. The maximum Gasteiger partial charge on any atom is 0.267 e. The molecule has 1 amide bonds. The molecule has 3 aliphatic rings. The molecule has 1 saturated heterocycles. The zero-order valence-electron chi connectivity index (χ0n) is 18.3. The molecule has 1 unspecified atom stereocenters. The van der Waals surface area contributed by atoms with Gasteiger partial charge in [-0.3, -0.25) is 4.79 Å². The van der Waals surface area contributed by atoms with E-state index in [4.69, 9.17) is 14.8 Å². The van der Waals surface area contributed by atoms with Crippen LogP contribution >= 0.6 is 0 Å². The Bertz CT molecular complexity index is 832. The number of rotatable bonds is 4. The number of carbonyl (C=O) groups excluding carboxylic acids is 1. The maximum atomic E-state index is 13.1. The van der Waals surface area contributed by atoms with Crippen LogP contribution < -0.4 is 9.80 Å². The van der Waals surface area contributed by atoms with Crippen molar-refractivity contribution in [2.75, 3.05) is 43.5 Å². The average Bonchev–Trinajstić information content (AvgIpc) is 3.23. The second kappa shape index (κ2) is 8.37. The molecule has 0 saturated carbocycles. The molecule has 9 heteroatoms. The molecular formula is C21H32N6O3. The van der Waals surface area contributed by atoms with E-state index in [1.807, 2.05) is 23.9 Å². The molecule has 0 radical (unpaired) electrons. The molecule has 30 heavy (non-hydrogen) atoms. The standard InChI is InChI=1S/C21H32N6O3/c1-13(2)17-11-18(30-24-17)20(29)27-10-7-16-15(12-27)19(23-21(22-16)25(3)4)26-8-5-14(28)6-9-26/h13-14,18,28H,5-12H2,1-4H3. The van der Waals surface area contributed by atoms with Crippen molar-refractivity contribution in [1.29, 1.82) is 0 Å². The molecule has 4 rings (SSSR count). The van der Waals surface area contributed by atoms with Crippen LogP contribution in [0.3, 0.4) is 0 Å². The number of amides is 1. The summed E-state index contributed by atoms with van der Waals surface area (Å²) in [5.74, 6) is 1.84. The first-order chi connectivity index (χ1) is 14.3. The molecule has 1 aromatic heterocycles. The van der Waals surface area contributed by atoms with Gasteiger partial charge in [-0.05, 0) is 18.8 Å². The fraction of sp³-hybridized carbons (Fsp3) is 0.714. The number of aliphatic hydroxyl groups is 1. The van der Waals surface area contributed by atoms with E-state index in [-0.39, 0.29) is 17.9 Å². The molecule has 1 fully saturated rings. The van der Waals surface area contributed by atoms with Gasteiger partial charge in [0, 0.05) is 52.1 Å². The number of fused-ring (bicyclic) bond motifs is 1. The van der Waals surface area contributed by atoms with Crippen LogP contribution in [0, 0.1) is 5.92 Å². The number of aromatic nitrogens is 2. The quantitative estimate of drug-likeness (QED) is 0.788. The first-order valence-corrected chi connectivity index (χ1v) is 10.8. The van der Waals surface area contributed by atoms with Crippen molar-refractivity contribution >= 4 is 23.4 Å². The first kappa shape index (κ1) is 20.8. The smallest absolute Gasteiger partial charge is 0.267 e. The Labute approximate surface area is 177 Å². The van der Waals surface area contributed by atoms with Crippen LogP contribution in [0.25, 0.3) is 0 Å². The Morgan fingerprint density at radius 1 is 1.20 bits per heavy atom. The summed E-state index contributed by atoms with van der Waals surface area (Å²) < 4.78 is 0. The van der Waals surface area contributed by atoms with E-state index >= 15 is 0 Å². The molecule has 0 aromatic carbocycles. The van der Waals surface area contributed by atoms with Gasteiger partial charge in [0.2, 0.25) is 12.1 Å². The van der Waals surface area contributed by atoms with Crippen molar-refractivity contribution in [1.82, 2.24) is 14.9 Å². The van der Waals surface area contributed by atoms with Gasteiger partial charge in [-0.25, -0.2) is 4.98 Å². The summed E-state index contributed by atoms with van der Waals surface area (Å²) in [4.78, 5) is 34.2. The number of piperidine rings is 1. The van der Waals surface area contributed by atoms with Gasteiger partial charge in [0.1, 0.15) is 5.82 Å². The SMILES string of the molecule is CC(C)C1=NOC(C(=O)N2CCc3nc(N(C)C)nc(N4CCC(O)CC4)c3C2)C1. The highest BCUT2D eigenvalue weighted by atomic mass is 16.6. The van der Waals surface area contributed by atoms with Gasteiger partial charge < -0.3 is 24.6 Å². The van der Waals surface area contributed by atoms with Crippen LogP contribution in [-0.4, -0.2) is 77.5 Å². The Morgan fingerprint density at radius 2 is 1.93 bits per heavy atom. The summed E-state index contributed by atoms with van der Waals surface area (Å²) in [5.41, 5.74) is 2.96. The van der Waals surface area contributed by atoms with Gasteiger partial charge in [0.15, 0.2) is 0 Å². The third-order valence-electron chi connectivity index (χ3n) is 6.14. The third-order valence-corrected chi connectivity index (χ3v) is 6.14. The lowest BCUT2D eigenvalue weighted by molar-refractivity contribution is -0.143. The largest absolute Gasteiger partial charge is 0.393 e. The van der Waals surface area contributed by atoms with Crippen molar-refractivity contribution < 1.29 is 14.7 Å². The minimum atomic E-state index is -0.528. The van der Waals surface area contributed by atoms with Gasteiger partial charge in [-0.2, -0.15) is 4.98 Å². The molecule has 9 nitrogen and oxygen atoms in total. The molecule has 3 aliphatic heterocycles. The highest BCUT2D eigenvalue weighted by molar-refractivity contribution is 5.93. The lowest BCUT2D eigenvalue weighted by Gasteiger charge is -2.36. The Hall–Kier alpha value is -2.42. The molecule has 164 valence electrons. The molecule has 1 atom stereocenters. The van der Waals surface area contributed by atoms with Gasteiger partial charge in [-0.1, -0.05) is 19.0 Å². The maximum absolute atomic E-state index is 13.1. The number of hydrogen-bond donors (Lipinski definition) is 1. The number of aliphatic hydroxyl groups excluding tert-OH is 1. The highest BCUT2D eigenvalue weighted by Crippen LogP contribution is 2.31. The van der Waals surface area contributed by atoms with Crippen molar-refractivity contribution in [2.45, 2.75) is 58.3 Å². The zero-order chi connectivity index (χ0) is 21.4. The molecule has 0 spiro atoms. The molecule has 1 N–H and O–H groups in total. The van der Waals surface area contributed by atoms with E-state index in [1.54, 1.807) is 0 Å². The summed E-state index contributed by atoms with van der Waals surface area (Å²) in [5, 5.41) is 14.0. The van der Waals surface area contributed by atoms with Crippen LogP contribution in [0.5, 0.6) is 0 Å². The lowest BCUT2D eigenvalue weighted by Crippen LogP contribution is -2.44. The summed E-state index contributed by atoms with van der Waals surface area (Å²) in [7, 11) is 3.88. The predicted octanol–water partition coefficient (Wildman–Crippen LogP) is 1.19. The molecule has 0 aliphatic carbocycles. The fourth-order valence-electron chi connectivity index (χ4n) is 4.18. The second-order valence-electron chi connectivity index (χ2n) is 8.93. The number of hydrogen-bond acceptors (Lipinski definition) is 8. The van der Waals surface area contributed by atoms with Crippen LogP contribution in [-0.2, 0) is 22.6 Å². The third kappa shape index (κ3) is 4.08. The molecule has 0 bridgehead atoms. The van der Waals surface area contributed by atoms with E-state index in [2.05, 4.69) is 23.9 Å². The predicted molar refractivity (Wildman–Crippen MR) is 115 cm³/mol. The normalized spacial score (nSPS) is 22.1. The minimum Gasteiger partial charge on any atom is -0.393 e. The van der Waals surface area contributed by atoms with E-state index < -0.39 is 6.10 Å². The van der Waals surface area contributed by atoms with E-state index in [0.717, 1.165) is 48.7 Å². The number of oxime groups is 1. The van der Waals surface area contributed by atoms with Crippen molar-refractivity contribution in [2.24, 2.45) is 11.1 Å². The molecular weight excluding hydrogens is 384 g/mol. The summed E-state index contributed by atoms with van der Waals surface area (Å²) in [6.07, 6.45) is 1.93. The van der Waals surface area contributed by atoms with E-state index in [0.29, 0.717) is 31.9 Å². The lowest BCUT2D eigenvalue weighted by atomic mass is 10.00. The van der Waals surface area contributed by atoms with Gasteiger partial charge in [-0.15, -0.1) is 0 Å². The van der Waals surface area contributed by atoms with Crippen molar-refractivity contribution in [3.63, 3.8) is 0 Å². The molecule has 4 heterocycles. The van der Waals surface area contributed by atoms with Crippen molar-refractivity contribution in [3.05, 3.63) is 11.3 Å². The van der Waals surface area contributed by atoms with E-state index in [1.165, 1.54) is 0 Å². The highest BCUT2D eigenvalue weighted by Gasteiger charge is 2.36. The number of anilines is 2. The van der Waals surface area contributed by atoms with E-state index in [9.17, 15) is 9.90 Å². The Balaban J connectivity index is 1.57.